The summed E-state index contributed by atoms with van der Waals surface area (Å²) in [7, 11) is 0. The van der Waals surface area contributed by atoms with Crippen molar-refractivity contribution in [1.29, 1.82) is 0 Å². The normalized spacial score (nSPS) is 13.2. The van der Waals surface area contributed by atoms with Crippen LogP contribution in [0.2, 0.25) is 0 Å². The average Bonchev–Trinajstić information content (AvgIpc) is 2.57. The van der Waals surface area contributed by atoms with Gasteiger partial charge in [-0.15, -0.1) is 0 Å². The number of rotatable bonds is 3. The minimum atomic E-state index is -1.67. The Morgan fingerprint density at radius 3 is 2.67 bits per heavy atom. The molecule has 0 fully saturated rings. The van der Waals surface area contributed by atoms with Gasteiger partial charge in [0, 0.05) is 18.7 Å². The van der Waals surface area contributed by atoms with E-state index in [4.69, 9.17) is 0 Å². The van der Waals surface area contributed by atoms with Crippen LogP contribution in [0, 0.1) is 17.5 Å². The fourth-order valence-corrected chi connectivity index (χ4v) is 2.53. The van der Waals surface area contributed by atoms with E-state index in [-0.39, 0.29) is 12.5 Å². The number of halogens is 3. The molecule has 0 aliphatic carbocycles. The van der Waals surface area contributed by atoms with E-state index in [1.165, 1.54) is 0 Å². The van der Waals surface area contributed by atoms with Crippen LogP contribution in [0.15, 0.2) is 30.3 Å². The van der Waals surface area contributed by atoms with Crippen LogP contribution in [-0.2, 0) is 17.8 Å². The van der Waals surface area contributed by atoms with E-state index in [2.05, 4.69) is 10.6 Å². The highest BCUT2D eigenvalue weighted by Gasteiger charge is 2.19. The summed E-state index contributed by atoms with van der Waals surface area (Å²) in [5.74, 6) is -5.41. The molecule has 0 atom stereocenters. The summed E-state index contributed by atoms with van der Waals surface area (Å²) >= 11 is 0. The van der Waals surface area contributed by atoms with Gasteiger partial charge in [0.05, 0.1) is 5.56 Å². The molecule has 4 nitrogen and oxygen atoms in total. The lowest BCUT2D eigenvalue weighted by Crippen LogP contribution is -2.25. The fraction of sp³-hybridized carbons (Fsp3) is 0.176. The summed E-state index contributed by atoms with van der Waals surface area (Å²) < 4.78 is 39.6. The van der Waals surface area contributed by atoms with Crippen molar-refractivity contribution in [3.8, 4) is 0 Å². The number of nitrogens with one attached hydrogen (secondary N) is 2. The van der Waals surface area contributed by atoms with Crippen molar-refractivity contribution in [2.45, 2.75) is 19.4 Å². The monoisotopic (exact) mass is 334 g/mol. The Balaban J connectivity index is 1.71. The molecule has 0 bridgehead atoms. The number of hydrogen-bond acceptors (Lipinski definition) is 2. The number of anilines is 1. The molecule has 0 unspecified atom stereocenters. The first kappa shape index (κ1) is 16.0. The third-order valence-electron chi connectivity index (χ3n) is 3.80. The maximum Gasteiger partial charge on any atom is 0.254 e. The molecule has 1 aliphatic heterocycles. The second-order valence-corrected chi connectivity index (χ2v) is 5.45. The Bertz CT molecular complexity index is 837. The van der Waals surface area contributed by atoms with Crippen molar-refractivity contribution in [1.82, 2.24) is 5.32 Å². The van der Waals surface area contributed by atoms with Gasteiger partial charge in [-0.1, -0.05) is 12.1 Å². The minimum Gasteiger partial charge on any atom is -0.348 e. The molecule has 3 rings (SSSR count). The Morgan fingerprint density at radius 2 is 1.88 bits per heavy atom. The first-order valence-corrected chi connectivity index (χ1v) is 7.29. The molecular formula is C17H13F3N2O2. The number of carbonyl (C=O) groups excluding carboxylic acids is 2. The van der Waals surface area contributed by atoms with Gasteiger partial charge in [-0.05, 0) is 35.7 Å². The zero-order valence-electron chi connectivity index (χ0n) is 12.5. The molecule has 2 amide bonds. The van der Waals surface area contributed by atoms with E-state index >= 15 is 0 Å². The van der Waals surface area contributed by atoms with Crippen molar-refractivity contribution in [3.05, 3.63) is 64.5 Å². The molecule has 2 aromatic rings. The van der Waals surface area contributed by atoms with Crippen molar-refractivity contribution in [2.75, 3.05) is 5.32 Å². The van der Waals surface area contributed by atoms with Crippen LogP contribution >= 0.6 is 0 Å². The van der Waals surface area contributed by atoms with E-state index in [9.17, 15) is 22.8 Å². The van der Waals surface area contributed by atoms with Gasteiger partial charge in [0.2, 0.25) is 5.91 Å². The first-order chi connectivity index (χ1) is 11.5. The summed E-state index contributed by atoms with van der Waals surface area (Å²) in [4.78, 5) is 23.2. The molecule has 0 saturated carbocycles. The molecule has 0 saturated heterocycles. The zero-order chi connectivity index (χ0) is 17.3. The number of carbonyl (C=O) groups is 2. The highest BCUT2D eigenvalue weighted by molar-refractivity contribution is 5.95. The topological polar surface area (TPSA) is 58.2 Å². The summed E-state index contributed by atoms with van der Waals surface area (Å²) in [6.07, 6.45) is 0.990. The van der Waals surface area contributed by atoms with Gasteiger partial charge in [0.25, 0.3) is 5.91 Å². The summed E-state index contributed by atoms with van der Waals surface area (Å²) in [6.45, 7) is 0.0957. The standard InChI is InChI=1S/C17H13F3N2O2/c18-12-4-3-11(15(19)16(12)20)17(24)21-8-9-1-5-13-10(7-9)2-6-14(23)22-13/h1,3-5,7H,2,6,8H2,(H,21,24)(H,22,23). The van der Waals surface area contributed by atoms with Gasteiger partial charge in [0.1, 0.15) is 0 Å². The average molecular weight is 334 g/mol. The van der Waals surface area contributed by atoms with Gasteiger partial charge in [0.15, 0.2) is 17.5 Å². The maximum atomic E-state index is 13.6. The van der Waals surface area contributed by atoms with Crippen LogP contribution in [-0.4, -0.2) is 11.8 Å². The van der Waals surface area contributed by atoms with Crippen LogP contribution in [0.3, 0.4) is 0 Å². The van der Waals surface area contributed by atoms with Crippen LogP contribution in [0.1, 0.15) is 27.9 Å². The van der Waals surface area contributed by atoms with Crippen LogP contribution < -0.4 is 10.6 Å². The first-order valence-electron chi connectivity index (χ1n) is 7.29. The third-order valence-corrected chi connectivity index (χ3v) is 3.80. The molecule has 1 aliphatic rings. The predicted molar refractivity (Wildman–Crippen MR) is 80.9 cm³/mol. The molecule has 2 aromatic carbocycles. The summed E-state index contributed by atoms with van der Waals surface area (Å²) in [5.41, 5.74) is 1.87. The lowest BCUT2D eigenvalue weighted by Gasteiger charge is -2.17. The van der Waals surface area contributed by atoms with E-state index in [1.807, 2.05) is 6.07 Å². The van der Waals surface area contributed by atoms with Gasteiger partial charge in [-0.2, -0.15) is 0 Å². The van der Waals surface area contributed by atoms with Crippen LogP contribution in [0.5, 0.6) is 0 Å². The van der Waals surface area contributed by atoms with Crippen LogP contribution in [0.4, 0.5) is 18.9 Å². The molecule has 124 valence electrons. The summed E-state index contributed by atoms with van der Waals surface area (Å²) in [5, 5.41) is 5.21. The van der Waals surface area contributed by atoms with E-state index in [0.717, 1.165) is 22.9 Å². The van der Waals surface area contributed by atoms with Gasteiger partial charge in [-0.3, -0.25) is 9.59 Å². The van der Waals surface area contributed by atoms with Gasteiger partial charge < -0.3 is 10.6 Å². The maximum absolute atomic E-state index is 13.6. The Labute approximate surface area is 135 Å². The highest BCUT2D eigenvalue weighted by Crippen LogP contribution is 2.23. The van der Waals surface area contributed by atoms with Crippen molar-refractivity contribution in [2.24, 2.45) is 0 Å². The fourth-order valence-electron chi connectivity index (χ4n) is 2.53. The number of benzene rings is 2. The minimum absolute atomic E-state index is 0.0441. The Hall–Kier alpha value is -2.83. The van der Waals surface area contributed by atoms with Crippen molar-refractivity contribution < 1.29 is 22.8 Å². The van der Waals surface area contributed by atoms with E-state index in [1.54, 1.807) is 12.1 Å². The lowest BCUT2D eigenvalue weighted by molar-refractivity contribution is -0.116. The molecule has 2 N–H and O–H groups in total. The molecule has 7 heteroatoms. The number of amides is 2. The molecule has 1 heterocycles. The second kappa shape index (κ2) is 6.35. The quantitative estimate of drug-likeness (QED) is 0.848. The van der Waals surface area contributed by atoms with Crippen LogP contribution in [0.25, 0.3) is 0 Å². The zero-order valence-corrected chi connectivity index (χ0v) is 12.5. The van der Waals surface area contributed by atoms with Gasteiger partial charge >= 0.3 is 0 Å². The molecular weight excluding hydrogens is 321 g/mol. The SMILES string of the molecule is O=C1CCc2cc(CNC(=O)c3ccc(F)c(F)c3F)ccc2N1. The predicted octanol–water partition coefficient (Wildman–Crippen LogP) is 2.92. The molecule has 24 heavy (non-hydrogen) atoms. The number of aryl methyl sites for hydroxylation is 1. The van der Waals surface area contributed by atoms with E-state index in [0.29, 0.717) is 18.9 Å². The Kier molecular flexibility index (Phi) is 4.24. The molecule has 0 spiro atoms. The van der Waals surface area contributed by atoms with Gasteiger partial charge in [-0.25, -0.2) is 13.2 Å². The van der Waals surface area contributed by atoms with Crippen molar-refractivity contribution >= 4 is 17.5 Å². The largest absolute Gasteiger partial charge is 0.348 e. The highest BCUT2D eigenvalue weighted by atomic mass is 19.2. The van der Waals surface area contributed by atoms with E-state index < -0.39 is 28.9 Å². The lowest BCUT2D eigenvalue weighted by atomic mass is 10.0. The molecule has 0 radical (unpaired) electrons. The number of hydrogen-bond donors (Lipinski definition) is 2. The second-order valence-electron chi connectivity index (χ2n) is 5.45. The number of fused-ring (bicyclic) bond motifs is 1. The molecule has 0 aromatic heterocycles. The van der Waals surface area contributed by atoms with Crippen molar-refractivity contribution in [3.63, 3.8) is 0 Å². The summed E-state index contributed by atoms with van der Waals surface area (Å²) in [6, 6.07) is 6.87. The Morgan fingerprint density at radius 1 is 1.08 bits per heavy atom. The smallest absolute Gasteiger partial charge is 0.254 e. The third kappa shape index (κ3) is 3.10.